The summed E-state index contributed by atoms with van der Waals surface area (Å²) in [7, 11) is 0. The monoisotopic (exact) mass is 201 g/mol. The highest BCUT2D eigenvalue weighted by atomic mass is 16.2. The van der Waals surface area contributed by atoms with Gasteiger partial charge in [0, 0.05) is 19.0 Å². The molecule has 1 aliphatic heterocycles. The van der Waals surface area contributed by atoms with E-state index < -0.39 is 0 Å². The molecule has 0 radical (unpaired) electrons. The topological polar surface area (TPSA) is 37.4 Å². The van der Waals surface area contributed by atoms with E-state index in [-0.39, 0.29) is 11.8 Å². The highest BCUT2D eigenvalue weighted by Crippen LogP contribution is 2.13. The summed E-state index contributed by atoms with van der Waals surface area (Å²) in [4.78, 5) is 23.7. The molecule has 0 atom stereocenters. The van der Waals surface area contributed by atoms with Gasteiger partial charge in [0.05, 0.1) is 0 Å². The lowest BCUT2D eigenvalue weighted by Gasteiger charge is -2.05. The molecule has 0 N–H and O–H groups in total. The predicted octanol–water partition coefficient (Wildman–Crippen LogP) is 1.81. The van der Waals surface area contributed by atoms with E-state index >= 15 is 0 Å². The van der Waals surface area contributed by atoms with Crippen LogP contribution >= 0.6 is 0 Å². The molecule has 1 fully saturated rings. The van der Waals surface area contributed by atoms with Crippen LogP contribution in [-0.2, 0) is 9.59 Å². The van der Waals surface area contributed by atoms with Gasteiger partial charge in [-0.05, 0) is 11.6 Å². The van der Waals surface area contributed by atoms with E-state index in [4.69, 9.17) is 0 Å². The number of carbonyl (C=O) groups is 2. The summed E-state index contributed by atoms with van der Waals surface area (Å²) in [5.74, 6) is -0.237. The van der Waals surface area contributed by atoms with Crippen molar-refractivity contribution < 1.29 is 9.59 Å². The van der Waals surface area contributed by atoms with Crippen LogP contribution in [0.2, 0.25) is 0 Å². The van der Waals surface area contributed by atoms with Crippen LogP contribution in [0.15, 0.2) is 36.5 Å². The Labute approximate surface area is 88.0 Å². The molecule has 3 nitrogen and oxygen atoms in total. The third kappa shape index (κ3) is 2.13. The zero-order chi connectivity index (χ0) is 10.7. The summed E-state index contributed by atoms with van der Waals surface area (Å²) in [6, 6.07) is 9.58. The third-order valence-corrected chi connectivity index (χ3v) is 2.31. The lowest BCUT2D eigenvalue weighted by atomic mass is 10.2. The van der Waals surface area contributed by atoms with Crippen LogP contribution in [0.5, 0.6) is 0 Å². The molecule has 1 aliphatic rings. The van der Waals surface area contributed by atoms with Crippen LogP contribution < -0.4 is 0 Å². The minimum absolute atomic E-state index is 0.118. The van der Waals surface area contributed by atoms with Crippen molar-refractivity contribution >= 4 is 17.9 Å². The van der Waals surface area contributed by atoms with Crippen LogP contribution in [0.3, 0.4) is 0 Å². The second kappa shape index (κ2) is 4.09. The van der Waals surface area contributed by atoms with Crippen molar-refractivity contribution in [3.8, 4) is 0 Å². The Morgan fingerprint density at radius 2 is 1.60 bits per heavy atom. The van der Waals surface area contributed by atoms with Crippen molar-refractivity contribution in [2.45, 2.75) is 12.8 Å². The zero-order valence-electron chi connectivity index (χ0n) is 8.22. The van der Waals surface area contributed by atoms with Gasteiger partial charge < -0.3 is 0 Å². The fourth-order valence-electron chi connectivity index (χ4n) is 1.48. The minimum atomic E-state index is -0.118. The van der Waals surface area contributed by atoms with Crippen molar-refractivity contribution in [3.05, 3.63) is 42.1 Å². The molecule has 0 aromatic heterocycles. The Morgan fingerprint density at radius 1 is 1.00 bits per heavy atom. The molecule has 1 aromatic carbocycles. The van der Waals surface area contributed by atoms with Crippen molar-refractivity contribution in [3.63, 3.8) is 0 Å². The van der Waals surface area contributed by atoms with E-state index in [1.54, 1.807) is 12.3 Å². The molecule has 0 spiro atoms. The first-order valence-electron chi connectivity index (χ1n) is 4.85. The number of rotatable bonds is 2. The Morgan fingerprint density at radius 3 is 2.20 bits per heavy atom. The van der Waals surface area contributed by atoms with Crippen molar-refractivity contribution in [2.24, 2.45) is 0 Å². The van der Waals surface area contributed by atoms with E-state index in [1.165, 1.54) is 4.90 Å². The Balaban J connectivity index is 2.12. The first-order chi connectivity index (χ1) is 7.27. The molecule has 15 heavy (non-hydrogen) atoms. The minimum Gasteiger partial charge on any atom is -0.274 e. The largest absolute Gasteiger partial charge is 0.274 e. The standard InChI is InChI=1S/C12H11NO2/c14-11-6-7-12(15)13(11)9-8-10-4-2-1-3-5-10/h1-5,8-9H,6-7H2/b9-8+. The molecule has 1 aromatic rings. The summed E-state index contributed by atoms with van der Waals surface area (Å²) in [5.41, 5.74) is 0.977. The molecular formula is C12H11NO2. The number of hydrogen-bond acceptors (Lipinski definition) is 2. The maximum Gasteiger partial charge on any atom is 0.233 e. The molecule has 76 valence electrons. The van der Waals surface area contributed by atoms with E-state index in [9.17, 15) is 9.59 Å². The molecular weight excluding hydrogens is 190 g/mol. The zero-order valence-corrected chi connectivity index (χ0v) is 8.22. The van der Waals surface area contributed by atoms with Gasteiger partial charge in [-0.15, -0.1) is 0 Å². The highest BCUT2D eigenvalue weighted by molar-refractivity contribution is 6.03. The summed E-state index contributed by atoms with van der Waals surface area (Å²) in [6.07, 6.45) is 3.98. The summed E-state index contributed by atoms with van der Waals surface area (Å²) in [6.45, 7) is 0. The Hall–Kier alpha value is -1.90. The molecule has 2 rings (SSSR count). The maximum absolute atomic E-state index is 11.3. The van der Waals surface area contributed by atoms with E-state index in [0.717, 1.165) is 5.56 Å². The fraction of sp³-hybridized carbons (Fsp3) is 0.167. The fourth-order valence-corrected chi connectivity index (χ4v) is 1.48. The predicted molar refractivity (Wildman–Crippen MR) is 56.6 cm³/mol. The normalized spacial score (nSPS) is 16.7. The van der Waals surface area contributed by atoms with Gasteiger partial charge in [-0.2, -0.15) is 0 Å². The molecule has 1 heterocycles. The van der Waals surface area contributed by atoms with Gasteiger partial charge in [0.1, 0.15) is 0 Å². The van der Waals surface area contributed by atoms with E-state index in [1.807, 2.05) is 30.3 Å². The van der Waals surface area contributed by atoms with Crippen molar-refractivity contribution in [1.82, 2.24) is 4.90 Å². The molecule has 0 unspecified atom stereocenters. The number of benzene rings is 1. The van der Waals surface area contributed by atoms with Crippen molar-refractivity contribution in [1.29, 1.82) is 0 Å². The molecule has 2 amide bonds. The number of imide groups is 1. The van der Waals surface area contributed by atoms with Crippen LogP contribution in [0.4, 0.5) is 0 Å². The second-order valence-electron chi connectivity index (χ2n) is 3.38. The van der Waals surface area contributed by atoms with Crippen LogP contribution in [0.1, 0.15) is 18.4 Å². The first kappa shape index (κ1) is 9.65. The number of amides is 2. The molecule has 0 aliphatic carbocycles. The van der Waals surface area contributed by atoms with Gasteiger partial charge in [-0.3, -0.25) is 14.5 Å². The lowest BCUT2D eigenvalue weighted by molar-refractivity contribution is -0.135. The molecule has 1 saturated heterocycles. The lowest BCUT2D eigenvalue weighted by Crippen LogP contribution is -2.22. The number of carbonyl (C=O) groups excluding carboxylic acids is 2. The van der Waals surface area contributed by atoms with E-state index in [2.05, 4.69) is 0 Å². The smallest absolute Gasteiger partial charge is 0.233 e. The number of nitrogens with zero attached hydrogens (tertiary/aromatic N) is 1. The van der Waals surface area contributed by atoms with Gasteiger partial charge in [0.15, 0.2) is 0 Å². The average molecular weight is 201 g/mol. The molecule has 3 heteroatoms. The van der Waals surface area contributed by atoms with Crippen LogP contribution in [0.25, 0.3) is 6.08 Å². The van der Waals surface area contributed by atoms with Gasteiger partial charge >= 0.3 is 0 Å². The third-order valence-electron chi connectivity index (χ3n) is 2.31. The van der Waals surface area contributed by atoms with E-state index in [0.29, 0.717) is 12.8 Å². The summed E-state index contributed by atoms with van der Waals surface area (Å²) in [5, 5.41) is 0. The molecule has 0 bridgehead atoms. The summed E-state index contributed by atoms with van der Waals surface area (Å²) < 4.78 is 0. The van der Waals surface area contributed by atoms with Gasteiger partial charge in [0.25, 0.3) is 0 Å². The maximum atomic E-state index is 11.3. The van der Waals surface area contributed by atoms with Crippen molar-refractivity contribution in [2.75, 3.05) is 0 Å². The van der Waals surface area contributed by atoms with Crippen LogP contribution in [0, 0.1) is 0 Å². The Bertz CT molecular complexity index is 393. The van der Waals surface area contributed by atoms with Gasteiger partial charge in [-0.25, -0.2) is 0 Å². The van der Waals surface area contributed by atoms with Gasteiger partial charge in [0.2, 0.25) is 11.8 Å². The SMILES string of the molecule is O=C1CCC(=O)N1/C=C/c1ccccc1. The number of likely N-dealkylation sites (tertiary alicyclic amines) is 1. The average Bonchev–Trinajstić information content (AvgIpc) is 2.58. The quantitative estimate of drug-likeness (QED) is 0.684. The van der Waals surface area contributed by atoms with Gasteiger partial charge in [-0.1, -0.05) is 30.3 Å². The Kier molecular flexibility index (Phi) is 2.63. The number of hydrogen-bond donors (Lipinski definition) is 0. The first-order valence-corrected chi connectivity index (χ1v) is 4.85. The second-order valence-corrected chi connectivity index (χ2v) is 3.38. The highest BCUT2D eigenvalue weighted by Gasteiger charge is 2.26. The molecule has 0 saturated carbocycles. The summed E-state index contributed by atoms with van der Waals surface area (Å²) >= 11 is 0. The van der Waals surface area contributed by atoms with Crippen LogP contribution in [-0.4, -0.2) is 16.7 Å².